The van der Waals surface area contributed by atoms with Crippen LogP contribution in [0.1, 0.15) is 35.7 Å². The Balaban J connectivity index is 1.98. The van der Waals surface area contributed by atoms with E-state index in [2.05, 4.69) is 5.10 Å². The van der Waals surface area contributed by atoms with Gasteiger partial charge in [-0.3, -0.25) is 4.79 Å². The van der Waals surface area contributed by atoms with Crippen molar-refractivity contribution >= 4 is 29.4 Å². The molecule has 0 atom stereocenters. The summed E-state index contributed by atoms with van der Waals surface area (Å²) in [6.07, 6.45) is 3.07. The first kappa shape index (κ1) is 17.4. The molecule has 1 heterocycles. The normalized spacial score (nSPS) is 15.4. The second-order valence-electron chi connectivity index (χ2n) is 5.88. The fourth-order valence-electron chi connectivity index (χ4n) is 2.71. The molecule has 3 rings (SSSR count). The zero-order valence-electron chi connectivity index (χ0n) is 14.2. The van der Waals surface area contributed by atoms with Crippen LogP contribution >= 0.6 is 0 Å². The predicted molar refractivity (Wildman–Crippen MR) is 99.3 cm³/mol. The molecule has 0 bridgehead atoms. The van der Waals surface area contributed by atoms with E-state index < -0.39 is 5.97 Å². The van der Waals surface area contributed by atoms with E-state index in [1.165, 1.54) is 17.1 Å². The van der Waals surface area contributed by atoms with Crippen molar-refractivity contribution in [1.82, 2.24) is 0 Å². The number of amides is 1. The SMILES string of the molecule is CCCC1=NN(c2ccc(C(=O)O)cc2)C(=O)/C1=C/c1ccccc1O. The number of phenolic OH excluding ortho intramolecular Hbond substituents is 1. The van der Waals surface area contributed by atoms with E-state index in [0.29, 0.717) is 29.0 Å². The lowest BCUT2D eigenvalue weighted by atomic mass is 10.0. The number of anilines is 1. The van der Waals surface area contributed by atoms with Gasteiger partial charge in [-0.15, -0.1) is 0 Å². The van der Waals surface area contributed by atoms with Crippen molar-refractivity contribution in [2.24, 2.45) is 5.10 Å². The molecule has 0 fully saturated rings. The van der Waals surface area contributed by atoms with Gasteiger partial charge < -0.3 is 10.2 Å². The van der Waals surface area contributed by atoms with Gasteiger partial charge in [0.2, 0.25) is 0 Å². The molecule has 26 heavy (non-hydrogen) atoms. The maximum atomic E-state index is 12.9. The molecule has 2 N–H and O–H groups in total. The van der Waals surface area contributed by atoms with Crippen molar-refractivity contribution < 1.29 is 19.8 Å². The van der Waals surface area contributed by atoms with Crippen molar-refractivity contribution in [2.45, 2.75) is 19.8 Å². The topological polar surface area (TPSA) is 90.2 Å². The highest BCUT2D eigenvalue weighted by Crippen LogP contribution is 2.28. The summed E-state index contributed by atoms with van der Waals surface area (Å²) in [5.41, 5.74) is 2.25. The van der Waals surface area contributed by atoms with Crippen molar-refractivity contribution in [2.75, 3.05) is 5.01 Å². The maximum absolute atomic E-state index is 12.9. The molecular formula is C20H18N2O4. The van der Waals surface area contributed by atoms with Gasteiger partial charge in [-0.2, -0.15) is 10.1 Å². The van der Waals surface area contributed by atoms with Crippen LogP contribution < -0.4 is 5.01 Å². The van der Waals surface area contributed by atoms with Crippen LogP contribution in [0.15, 0.2) is 59.2 Å². The van der Waals surface area contributed by atoms with Gasteiger partial charge >= 0.3 is 5.97 Å². The Morgan fingerprint density at radius 3 is 2.46 bits per heavy atom. The minimum Gasteiger partial charge on any atom is -0.507 e. The Morgan fingerprint density at radius 1 is 1.15 bits per heavy atom. The molecular weight excluding hydrogens is 332 g/mol. The molecule has 132 valence electrons. The van der Waals surface area contributed by atoms with E-state index in [0.717, 1.165) is 6.42 Å². The second-order valence-corrected chi connectivity index (χ2v) is 5.88. The van der Waals surface area contributed by atoms with Crippen molar-refractivity contribution in [3.05, 3.63) is 65.2 Å². The molecule has 2 aromatic rings. The lowest BCUT2D eigenvalue weighted by Crippen LogP contribution is -2.21. The smallest absolute Gasteiger partial charge is 0.335 e. The van der Waals surface area contributed by atoms with Gasteiger partial charge in [0, 0.05) is 5.56 Å². The monoisotopic (exact) mass is 350 g/mol. The minimum absolute atomic E-state index is 0.0907. The number of rotatable bonds is 5. The number of hydrogen-bond donors (Lipinski definition) is 2. The lowest BCUT2D eigenvalue weighted by Gasteiger charge is -2.11. The number of phenols is 1. The first-order valence-corrected chi connectivity index (χ1v) is 8.26. The van der Waals surface area contributed by atoms with E-state index in [9.17, 15) is 14.7 Å². The Morgan fingerprint density at radius 2 is 1.85 bits per heavy atom. The van der Waals surface area contributed by atoms with E-state index >= 15 is 0 Å². The van der Waals surface area contributed by atoms with Gasteiger partial charge in [-0.05, 0) is 42.8 Å². The number of hydrazone groups is 1. The molecule has 1 aliphatic rings. The van der Waals surface area contributed by atoms with Gasteiger partial charge in [0.25, 0.3) is 5.91 Å². The predicted octanol–water partition coefficient (Wildman–Crippen LogP) is 3.68. The fraction of sp³-hybridized carbons (Fsp3) is 0.150. The van der Waals surface area contributed by atoms with Crippen LogP contribution in [-0.2, 0) is 4.79 Å². The zero-order valence-corrected chi connectivity index (χ0v) is 14.2. The Bertz CT molecular complexity index is 914. The van der Waals surface area contributed by atoms with Gasteiger partial charge in [-0.25, -0.2) is 4.79 Å². The quantitative estimate of drug-likeness (QED) is 0.805. The third-order valence-corrected chi connectivity index (χ3v) is 4.04. The van der Waals surface area contributed by atoms with Crippen LogP contribution in [0.2, 0.25) is 0 Å². The summed E-state index contributed by atoms with van der Waals surface area (Å²) in [6, 6.07) is 12.8. The highest BCUT2D eigenvalue weighted by molar-refractivity contribution is 6.32. The van der Waals surface area contributed by atoms with Crippen molar-refractivity contribution in [3.8, 4) is 5.75 Å². The molecule has 0 saturated heterocycles. The van der Waals surface area contributed by atoms with Crippen molar-refractivity contribution in [3.63, 3.8) is 0 Å². The van der Waals surface area contributed by atoms with E-state index in [-0.39, 0.29) is 17.2 Å². The summed E-state index contributed by atoms with van der Waals surface area (Å²) < 4.78 is 0. The van der Waals surface area contributed by atoms with Crippen LogP contribution in [0.4, 0.5) is 5.69 Å². The van der Waals surface area contributed by atoms with E-state index in [1.54, 1.807) is 42.5 Å². The zero-order chi connectivity index (χ0) is 18.7. The average Bonchev–Trinajstić information content (AvgIpc) is 2.93. The molecule has 6 nitrogen and oxygen atoms in total. The molecule has 0 aromatic heterocycles. The Kier molecular flexibility index (Phi) is 4.84. The standard InChI is InChI=1S/C20H18N2O4/c1-2-5-17-16(12-14-6-3-4-7-18(14)23)19(24)22(21-17)15-10-8-13(9-11-15)20(25)26/h3-4,6-12,23H,2,5H2,1H3,(H,25,26)/b16-12+. The Hall–Kier alpha value is -3.41. The molecule has 0 unspecified atom stereocenters. The van der Waals surface area contributed by atoms with Gasteiger partial charge in [0.05, 0.1) is 22.5 Å². The van der Waals surface area contributed by atoms with Crippen LogP contribution in [0.3, 0.4) is 0 Å². The number of para-hydroxylation sites is 1. The Labute approximate surface area is 150 Å². The number of benzene rings is 2. The number of carboxylic acids is 1. The second kappa shape index (κ2) is 7.23. The minimum atomic E-state index is -1.03. The molecule has 1 amide bonds. The summed E-state index contributed by atoms with van der Waals surface area (Å²) >= 11 is 0. The lowest BCUT2D eigenvalue weighted by molar-refractivity contribution is -0.114. The van der Waals surface area contributed by atoms with Crippen LogP contribution in [-0.4, -0.2) is 27.8 Å². The van der Waals surface area contributed by atoms with E-state index in [4.69, 9.17) is 5.11 Å². The number of carbonyl (C=O) groups excluding carboxylic acids is 1. The number of hydrogen-bond acceptors (Lipinski definition) is 4. The average molecular weight is 350 g/mol. The van der Waals surface area contributed by atoms with E-state index in [1.807, 2.05) is 6.92 Å². The molecule has 6 heteroatoms. The summed E-state index contributed by atoms with van der Waals surface area (Å²) in [4.78, 5) is 23.9. The molecule has 1 aliphatic heterocycles. The molecule has 0 aliphatic carbocycles. The molecule has 0 radical (unpaired) electrons. The number of aromatic hydroxyl groups is 1. The highest BCUT2D eigenvalue weighted by atomic mass is 16.4. The van der Waals surface area contributed by atoms with Crippen LogP contribution in [0, 0.1) is 0 Å². The first-order valence-electron chi connectivity index (χ1n) is 8.26. The summed E-state index contributed by atoms with van der Waals surface area (Å²) in [6.45, 7) is 1.99. The third kappa shape index (κ3) is 3.35. The molecule has 0 spiro atoms. The van der Waals surface area contributed by atoms with Crippen LogP contribution in [0.5, 0.6) is 5.75 Å². The summed E-state index contributed by atoms with van der Waals surface area (Å²) in [7, 11) is 0. The van der Waals surface area contributed by atoms with Crippen LogP contribution in [0.25, 0.3) is 6.08 Å². The van der Waals surface area contributed by atoms with Gasteiger partial charge in [0.1, 0.15) is 5.75 Å². The van der Waals surface area contributed by atoms with Gasteiger partial charge in [-0.1, -0.05) is 31.5 Å². The third-order valence-electron chi connectivity index (χ3n) is 4.04. The first-order chi connectivity index (χ1) is 12.5. The fourth-order valence-corrected chi connectivity index (χ4v) is 2.71. The number of carbonyl (C=O) groups is 2. The highest BCUT2D eigenvalue weighted by Gasteiger charge is 2.30. The largest absolute Gasteiger partial charge is 0.507 e. The maximum Gasteiger partial charge on any atom is 0.335 e. The number of carboxylic acid groups (broad SMARTS) is 1. The van der Waals surface area contributed by atoms with Gasteiger partial charge in [0.15, 0.2) is 0 Å². The number of aromatic carboxylic acids is 1. The summed E-state index contributed by atoms with van der Waals surface area (Å²) in [5.74, 6) is -1.24. The summed E-state index contributed by atoms with van der Waals surface area (Å²) in [5, 5.41) is 24.7. The van der Waals surface area contributed by atoms with Crippen molar-refractivity contribution in [1.29, 1.82) is 0 Å². The molecule has 0 saturated carbocycles. The number of nitrogens with zero attached hydrogens (tertiary/aromatic N) is 2. The molecule has 2 aromatic carbocycles.